The molecule has 64 heavy (non-hydrogen) atoms. The first-order valence-corrected chi connectivity index (χ1v) is 22.2. The van der Waals surface area contributed by atoms with Crippen molar-refractivity contribution >= 4 is 62.0 Å². The molecule has 0 radical (unpaired) electrons. The SMILES string of the molecule is CC1(C)c2cc(-c3ccc4c5c(cccc35)N(c3ccccc3)c3cc(N(c5ccccc5)c5ccccc5)ccc3-4)ccc2-c2ccc(N(c3ccccc3)c3ccccc3)cc21. The molecular formula is C61H45N3. The van der Waals surface area contributed by atoms with E-state index >= 15 is 0 Å². The summed E-state index contributed by atoms with van der Waals surface area (Å²) in [6.45, 7) is 4.77. The van der Waals surface area contributed by atoms with Crippen LogP contribution in [0.25, 0.3) is 44.2 Å². The molecule has 12 rings (SSSR count). The molecule has 3 nitrogen and oxygen atoms in total. The molecule has 0 aromatic heterocycles. The minimum Gasteiger partial charge on any atom is -0.310 e. The van der Waals surface area contributed by atoms with Gasteiger partial charge in [-0.25, -0.2) is 0 Å². The van der Waals surface area contributed by atoms with Gasteiger partial charge in [0.1, 0.15) is 0 Å². The minimum atomic E-state index is -0.212. The van der Waals surface area contributed by atoms with Crippen molar-refractivity contribution in [2.24, 2.45) is 0 Å². The van der Waals surface area contributed by atoms with Gasteiger partial charge in [-0.05, 0) is 141 Å². The van der Waals surface area contributed by atoms with Crippen molar-refractivity contribution in [2.45, 2.75) is 19.3 Å². The molecule has 304 valence electrons. The summed E-state index contributed by atoms with van der Waals surface area (Å²) < 4.78 is 0. The van der Waals surface area contributed by atoms with Gasteiger partial charge in [0.15, 0.2) is 0 Å². The highest BCUT2D eigenvalue weighted by Gasteiger charge is 2.37. The van der Waals surface area contributed by atoms with E-state index in [4.69, 9.17) is 0 Å². The number of hydrogen-bond donors (Lipinski definition) is 0. The lowest BCUT2D eigenvalue weighted by molar-refractivity contribution is 0.660. The predicted molar refractivity (Wildman–Crippen MR) is 270 cm³/mol. The summed E-state index contributed by atoms with van der Waals surface area (Å²) in [4.78, 5) is 7.17. The fourth-order valence-electron chi connectivity index (χ4n) is 10.3. The smallest absolute Gasteiger partial charge is 0.0561 e. The molecule has 10 aromatic rings. The molecule has 0 spiro atoms. The lowest BCUT2D eigenvalue weighted by Gasteiger charge is -2.35. The van der Waals surface area contributed by atoms with Crippen LogP contribution < -0.4 is 14.7 Å². The van der Waals surface area contributed by atoms with Gasteiger partial charge in [0, 0.05) is 56.2 Å². The van der Waals surface area contributed by atoms with Crippen molar-refractivity contribution in [1.82, 2.24) is 0 Å². The molecule has 1 aliphatic carbocycles. The zero-order valence-electron chi connectivity index (χ0n) is 35.9. The summed E-state index contributed by atoms with van der Waals surface area (Å²) >= 11 is 0. The largest absolute Gasteiger partial charge is 0.310 e. The van der Waals surface area contributed by atoms with E-state index in [9.17, 15) is 0 Å². The highest BCUT2D eigenvalue weighted by Crippen LogP contribution is 2.56. The summed E-state index contributed by atoms with van der Waals surface area (Å²) in [5, 5.41) is 2.51. The molecule has 0 atom stereocenters. The van der Waals surface area contributed by atoms with Gasteiger partial charge >= 0.3 is 0 Å². The zero-order chi connectivity index (χ0) is 42.8. The monoisotopic (exact) mass is 819 g/mol. The third kappa shape index (κ3) is 6.04. The molecule has 0 unspecified atom stereocenters. The summed E-state index contributed by atoms with van der Waals surface area (Å²) in [6.07, 6.45) is 0. The molecule has 0 saturated heterocycles. The Morgan fingerprint density at radius 3 is 1.34 bits per heavy atom. The molecule has 3 heteroatoms. The van der Waals surface area contributed by atoms with Gasteiger partial charge in [0.05, 0.1) is 11.4 Å². The third-order valence-electron chi connectivity index (χ3n) is 13.3. The second kappa shape index (κ2) is 15.0. The zero-order valence-corrected chi connectivity index (χ0v) is 35.9. The number of nitrogens with zero attached hydrogens (tertiary/aromatic N) is 3. The molecule has 1 heterocycles. The molecule has 0 fully saturated rings. The number of anilines is 9. The number of benzene rings is 10. The molecular weight excluding hydrogens is 775 g/mol. The van der Waals surface area contributed by atoms with Crippen molar-refractivity contribution in [2.75, 3.05) is 14.7 Å². The first kappa shape index (κ1) is 37.6. The van der Waals surface area contributed by atoms with Crippen molar-refractivity contribution < 1.29 is 0 Å². The predicted octanol–water partition coefficient (Wildman–Crippen LogP) is 17.2. The van der Waals surface area contributed by atoms with Crippen LogP contribution in [0.3, 0.4) is 0 Å². The average molecular weight is 820 g/mol. The lowest BCUT2D eigenvalue weighted by atomic mass is 9.80. The van der Waals surface area contributed by atoms with E-state index in [1.54, 1.807) is 0 Å². The fraction of sp³-hybridized carbons (Fsp3) is 0.0492. The van der Waals surface area contributed by atoms with Crippen molar-refractivity contribution in [3.63, 3.8) is 0 Å². The van der Waals surface area contributed by atoms with E-state index in [1.807, 2.05) is 0 Å². The van der Waals surface area contributed by atoms with Crippen LogP contribution in [0.5, 0.6) is 0 Å². The molecule has 0 saturated carbocycles. The van der Waals surface area contributed by atoms with E-state index in [-0.39, 0.29) is 5.41 Å². The molecule has 0 amide bonds. The van der Waals surface area contributed by atoms with Gasteiger partial charge in [-0.3, -0.25) is 0 Å². The second-order valence-electron chi connectivity index (χ2n) is 17.4. The second-order valence-corrected chi connectivity index (χ2v) is 17.4. The molecule has 0 bridgehead atoms. The summed E-state index contributed by atoms with van der Waals surface area (Å²) in [7, 11) is 0. The Hall–Kier alpha value is -8.14. The van der Waals surface area contributed by atoms with E-state index in [0.29, 0.717) is 0 Å². The van der Waals surface area contributed by atoms with Crippen molar-refractivity contribution in [3.05, 3.63) is 248 Å². The number of fused-ring (bicyclic) bond motifs is 5. The van der Waals surface area contributed by atoms with E-state index < -0.39 is 0 Å². The molecule has 2 aliphatic rings. The first-order chi connectivity index (χ1) is 31.5. The Labute approximate surface area is 375 Å². The Morgan fingerprint density at radius 1 is 0.328 bits per heavy atom. The van der Waals surface area contributed by atoms with Gasteiger partial charge in [0.25, 0.3) is 0 Å². The average Bonchev–Trinajstić information content (AvgIpc) is 3.58. The van der Waals surface area contributed by atoms with Crippen molar-refractivity contribution in [3.8, 4) is 33.4 Å². The quantitative estimate of drug-likeness (QED) is 0.151. The maximum Gasteiger partial charge on any atom is 0.0561 e. The number of para-hydroxylation sites is 5. The van der Waals surface area contributed by atoms with Gasteiger partial charge in [-0.1, -0.05) is 153 Å². The number of rotatable bonds is 8. The minimum absolute atomic E-state index is 0.212. The topological polar surface area (TPSA) is 9.72 Å². The third-order valence-corrected chi connectivity index (χ3v) is 13.3. The Morgan fingerprint density at radius 2 is 0.781 bits per heavy atom. The Kier molecular flexibility index (Phi) is 8.84. The maximum absolute atomic E-state index is 2.46. The Bertz CT molecular complexity index is 3270. The fourth-order valence-corrected chi connectivity index (χ4v) is 10.3. The van der Waals surface area contributed by atoms with E-state index in [1.165, 1.54) is 61.0 Å². The first-order valence-electron chi connectivity index (χ1n) is 22.2. The maximum atomic E-state index is 2.46. The van der Waals surface area contributed by atoms with Crippen LogP contribution in [0.4, 0.5) is 51.2 Å². The Balaban J connectivity index is 0.981. The summed E-state index contributed by atoms with van der Waals surface area (Å²) in [5.41, 5.74) is 20.3. The summed E-state index contributed by atoms with van der Waals surface area (Å²) in [5.74, 6) is 0. The van der Waals surface area contributed by atoms with Crippen LogP contribution in [-0.4, -0.2) is 0 Å². The van der Waals surface area contributed by atoms with E-state index in [2.05, 4.69) is 265 Å². The van der Waals surface area contributed by atoms with Gasteiger partial charge in [-0.2, -0.15) is 0 Å². The molecule has 0 N–H and O–H groups in total. The number of hydrogen-bond acceptors (Lipinski definition) is 3. The molecule has 1 aliphatic heterocycles. The standard InChI is InChI=1S/C61H45N3/c1-61(2)56-39-42(31-34-51(56)52-35-32-48(40-57(52)61)62(43-19-8-3-9-20-43)44-21-10-4-11-22-44)50-37-38-55-53-36-33-49(63(45-23-12-5-13-24-45)46-25-14-6-15-26-46)41-59(53)64(47-27-16-7-17-28-47)58-30-18-29-54(50)60(55)58/h3-41H,1-2H3. The van der Waals surface area contributed by atoms with Crippen LogP contribution in [0.15, 0.2) is 237 Å². The van der Waals surface area contributed by atoms with Crippen LogP contribution >= 0.6 is 0 Å². The lowest BCUT2D eigenvalue weighted by Crippen LogP contribution is -2.17. The normalized spacial score (nSPS) is 12.9. The van der Waals surface area contributed by atoms with Crippen LogP contribution in [0, 0.1) is 0 Å². The van der Waals surface area contributed by atoms with Gasteiger partial charge in [-0.15, -0.1) is 0 Å². The summed E-state index contributed by atoms with van der Waals surface area (Å²) in [6, 6.07) is 86.2. The highest BCUT2D eigenvalue weighted by molar-refractivity contribution is 6.17. The van der Waals surface area contributed by atoms with Crippen LogP contribution in [0.2, 0.25) is 0 Å². The van der Waals surface area contributed by atoms with Gasteiger partial charge in [0.2, 0.25) is 0 Å². The molecule has 10 aromatic carbocycles. The van der Waals surface area contributed by atoms with E-state index in [0.717, 1.165) is 45.5 Å². The van der Waals surface area contributed by atoms with Gasteiger partial charge < -0.3 is 14.7 Å². The van der Waals surface area contributed by atoms with Crippen LogP contribution in [-0.2, 0) is 5.41 Å². The van der Waals surface area contributed by atoms with Crippen LogP contribution in [0.1, 0.15) is 25.0 Å². The highest BCUT2D eigenvalue weighted by atomic mass is 15.2. The van der Waals surface area contributed by atoms with Crippen molar-refractivity contribution in [1.29, 1.82) is 0 Å².